The number of hydrogen-bond acceptors (Lipinski definition) is 2. The van der Waals surface area contributed by atoms with Crippen LogP contribution in [-0.4, -0.2) is 28.9 Å². The minimum Gasteiger partial charge on any atom is -0.335 e. The van der Waals surface area contributed by atoms with E-state index in [-0.39, 0.29) is 16.6 Å². The number of hydrogen-bond donors (Lipinski definition) is 0. The standard InChI is InChI=1S/C11H10ClFN2O/c12-10-9(6-8(13)7-14-10)11(16)15-4-2-1-3-5-15/h1-2,6-7H,3-5H2. The Morgan fingerprint density at radius 2 is 2.31 bits per heavy atom. The van der Waals surface area contributed by atoms with Crippen molar-refractivity contribution in [2.75, 3.05) is 13.1 Å². The van der Waals surface area contributed by atoms with Gasteiger partial charge in [-0.05, 0) is 12.5 Å². The molecule has 0 saturated heterocycles. The van der Waals surface area contributed by atoms with Crippen LogP contribution < -0.4 is 0 Å². The van der Waals surface area contributed by atoms with E-state index in [0.717, 1.165) is 18.7 Å². The van der Waals surface area contributed by atoms with Gasteiger partial charge in [-0.2, -0.15) is 0 Å². The van der Waals surface area contributed by atoms with Crippen LogP contribution >= 0.6 is 11.6 Å². The van der Waals surface area contributed by atoms with Gasteiger partial charge in [0.05, 0.1) is 11.8 Å². The number of amides is 1. The zero-order valence-corrected chi connectivity index (χ0v) is 9.25. The van der Waals surface area contributed by atoms with E-state index >= 15 is 0 Å². The summed E-state index contributed by atoms with van der Waals surface area (Å²) in [6.07, 6.45) is 5.72. The van der Waals surface area contributed by atoms with Gasteiger partial charge in [-0.1, -0.05) is 23.8 Å². The lowest BCUT2D eigenvalue weighted by atomic mass is 10.2. The molecule has 0 N–H and O–H groups in total. The maximum atomic E-state index is 13.0. The van der Waals surface area contributed by atoms with E-state index < -0.39 is 5.82 Å². The number of aromatic nitrogens is 1. The normalized spacial score (nSPS) is 15.2. The second-order valence-corrected chi connectivity index (χ2v) is 3.86. The van der Waals surface area contributed by atoms with E-state index in [4.69, 9.17) is 11.6 Å². The molecule has 5 heteroatoms. The molecule has 2 heterocycles. The highest BCUT2D eigenvalue weighted by Crippen LogP contribution is 2.17. The molecule has 84 valence electrons. The van der Waals surface area contributed by atoms with Gasteiger partial charge in [0.1, 0.15) is 11.0 Å². The molecule has 0 atom stereocenters. The summed E-state index contributed by atoms with van der Waals surface area (Å²) in [6.45, 7) is 1.16. The van der Waals surface area contributed by atoms with Crippen molar-refractivity contribution < 1.29 is 9.18 Å². The first-order chi connectivity index (χ1) is 7.68. The average Bonchev–Trinajstić information content (AvgIpc) is 2.32. The smallest absolute Gasteiger partial charge is 0.257 e. The third-order valence-corrected chi connectivity index (χ3v) is 2.68. The van der Waals surface area contributed by atoms with Crippen LogP contribution in [0.4, 0.5) is 4.39 Å². The molecule has 3 nitrogen and oxygen atoms in total. The Morgan fingerprint density at radius 1 is 1.50 bits per heavy atom. The van der Waals surface area contributed by atoms with E-state index in [9.17, 15) is 9.18 Å². The van der Waals surface area contributed by atoms with Crippen molar-refractivity contribution in [1.29, 1.82) is 0 Å². The highest BCUT2D eigenvalue weighted by atomic mass is 35.5. The van der Waals surface area contributed by atoms with E-state index in [1.54, 1.807) is 4.90 Å². The molecule has 1 amide bonds. The van der Waals surface area contributed by atoms with Crippen LogP contribution in [0, 0.1) is 5.82 Å². The molecule has 1 aliphatic heterocycles. The molecule has 0 fully saturated rings. The summed E-state index contributed by atoms with van der Waals surface area (Å²) in [6, 6.07) is 1.12. The fraction of sp³-hybridized carbons (Fsp3) is 0.273. The van der Waals surface area contributed by atoms with Gasteiger partial charge in [0, 0.05) is 13.1 Å². The van der Waals surface area contributed by atoms with Crippen molar-refractivity contribution in [2.24, 2.45) is 0 Å². The van der Waals surface area contributed by atoms with Gasteiger partial charge in [-0.25, -0.2) is 9.37 Å². The van der Waals surface area contributed by atoms with Crippen molar-refractivity contribution in [3.63, 3.8) is 0 Å². The lowest BCUT2D eigenvalue weighted by Gasteiger charge is -2.23. The zero-order valence-electron chi connectivity index (χ0n) is 8.49. The van der Waals surface area contributed by atoms with Crippen molar-refractivity contribution in [3.05, 3.63) is 40.9 Å². The molecule has 1 aliphatic rings. The summed E-state index contributed by atoms with van der Waals surface area (Å²) in [7, 11) is 0. The van der Waals surface area contributed by atoms with Crippen LogP contribution in [-0.2, 0) is 0 Å². The molecule has 0 unspecified atom stereocenters. The summed E-state index contributed by atoms with van der Waals surface area (Å²) in [4.78, 5) is 17.2. The Bertz CT molecular complexity index is 448. The van der Waals surface area contributed by atoms with Crippen LogP contribution in [0.3, 0.4) is 0 Å². The first-order valence-corrected chi connectivity index (χ1v) is 5.31. The molecular formula is C11H10ClFN2O. The molecule has 0 saturated carbocycles. The molecule has 0 radical (unpaired) electrons. The summed E-state index contributed by atoms with van der Waals surface area (Å²) in [5.74, 6) is -0.832. The summed E-state index contributed by atoms with van der Waals surface area (Å²) < 4.78 is 13.0. The molecular weight excluding hydrogens is 231 g/mol. The molecule has 0 bridgehead atoms. The lowest BCUT2D eigenvalue weighted by molar-refractivity contribution is 0.0770. The second-order valence-electron chi connectivity index (χ2n) is 3.50. The third kappa shape index (κ3) is 2.22. The van der Waals surface area contributed by atoms with Gasteiger partial charge in [-0.15, -0.1) is 0 Å². The summed E-state index contributed by atoms with van der Waals surface area (Å²) in [5, 5.41) is 0.0425. The third-order valence-electron chi connectivity index (χ3n) is 2.38. The Balaban J connectivity index is 2.26. The quantitative estimate of drug-likeness (QED) is 0.557. The predicted molar refractivity (Wildman–Crippen MR) is 58.9 cm³/mol. The van der Waals surface area contributed by atoms with E-state index in [2.05, 4.69) is 4.98 Å². The minimum absolute atomic E-state index is 0.0425. The SMILES string of the molecule is O=C(c1cc(F)cnc1Cl)N1CC=CCC1. The molecule has 1 aromatic rings. The van der Waals surface area contributed by atoms with Crippen LogP contribution in [0.15, 0.2) is 24.4 Å². The van der Waals surface area contributed by atoms with E-state index in [1.807, 2.05) is 12.2 Å². The largest absolute Gasteiger partial charge is 0.335 e. The number of nitrogens with zero attached hydrogens (tertiary/aromatic N) is 2. The number of halogens is 2. The lowest BCUT2D eigenvalue weighted by Crippen LogP contribution is -2.34. The molecule has 0 aliphatic carbocycles. The van der Waals surface area contributed by atoms with Crippen molar-refractivity contribution in [2.45, 2.75) is 6.42 Å². The molecule has 0 aromatic carbocycles. The summed E-state index contributed by atoms with van der Waals surface area (Å²) in [5.41, 5.74) is 0.122. The van der Waals surface area contributed by atoms with Gasteiger partial charge in [0.25, 0.3) is 5.91 Å². The number of rotatable bonds is 1. The molecule has 16 heavy (non-hydrogen) atoms. The Kier molecular flexibility index (Phi) is 3.19. The maximum absolute atomic E-state index is 13.0. The minimum atomic E-state index is -0.555. The highest BCUT2D eigenvalue weighted by Gasteiger charge is 2.19. The fourth-order valence-electron chi connectivity index (χ4n) is 1.57. The second kappa shape index (κ2) is 4.61. The van der Waals surface area contributed by atoms with Crippen molar-refractivity contribution in [1.82, 2.24) is 9.88 Å². The maximum Gasteiger partial charge on any atom is 0.257 e. The van der Waals surface area contributed by atoms with Crippen molar-refractivity contribution in [3.8, 4) is 0 Å². The highest BCUT2D eigenvalue weighted by molar-refractivity contribution is 6.32. The zero-order chi connectivity index (χ0) is 11.5. The number of carbonyl (C=O) groups is 1. The fourth-order valence-corrected chi connectivity index (χ4v) is 1.75. The van der Waals surface area contributed by atoms with Crippen LogP contribution in [0.2, 0.25) is 5.15 Å². The number of pyridine rings is 1. The molecule has 0 spiro atoms. The Morgan fingerprint density at radius 3 is 3.00 bits per heavy atom. The molecule has 2 rings (SSSR count). The van der Waals surface area contributed by atoms with E-state index in [1.165, 1.54) is 0 Å². The first kappa shape index (κ1) is 11.1. The van der Waals surface area contributed by atoms with Gasteiger partial charge in [0.2, 0.25) is 0 Å². The first-order valence-electron chi connectivity index (χ1n) is 4.94. The van der Waals surface area contributed by atoms with Crippen LogP contribution in [0.5, 0.6) is 0 Å². The predicted octanol–water partition coefficient (Wildman–Crippen LogP) is 2.28. The topological polar surface area (TPSA) is 33.2 Å². The van der Waals surface area contributed by atoms with Gasteiger partial charge in [-0.3, -0.25) is 4.79 Å². The van der Waals surface area contributed by atoms with Gasteiger partial charge in [0.15, 0.2) is 0 Å². The number of carbonyl (C=O) groups excluding carboxylic acids is 1. The van der Waals surface area contributed by atoms with Crippen molar-refractivity contribution >= 4 is 17.5 Å². The van der Waals surface area contributed by atoms with Crippen LogP contribution in [0.25, 0.3) is 0 Å². The van der Waals surface area contributed by atoms with E-state index in [0.29, 0.717) is 13.1 Å². The Hall–Kier alpha value is -1.42. The summed E-state index contributed by atoms with van der Waals surface area (Å²) >= 11 is 5.77. The Labute approximate surface area is 97.5 Å². The van der Waals surface area contributed by atoms with Crippen LogP contribution in [0.1, 0.15) is 16.8 Å². The average molecular weight is 241 g/mol. The molecule has 1 aromatic heterocycles. The van der Waals surface area contributed by atoms with Gasteiger partial charge < -0.3 is 4.90 Å². The van der Waals surface area contributed by atoms with Gasteiger partial charge >= 0.3 is 0 Å². The monoisotopic (exact) mass is 240 g/mol.